The highest BCUT2D eigenvalue weighted by Crippen LogP contribution is 2.27. The molecule has 0 aliphatic carbocycles. The minimum absolute atomic E-state index is 0.0344. The van der Waals surface area contributed by atoms with Crippen molar-refractivity contribution in [3.63, 3.8) is 0 Å². The van der Waals surface area contributed by atoms with Gasteiger partial charge in [0.15, 0.2) is 5.75 Å². The first-order valence-electron chi connectivity index (χ1n) is 22.4. The second-order valence-corrected chi connectivity index (χ2v) is 16.5. The van der Waals surface area contributed by atoms with Crippen LogP contribution in [0, 0.1) is 6.92 Å². The maximum absolute atomic E-state index is 12.0. The molecule has 0 radical (unpaired) electrons. The summed E-state index contributed by atoms with van der Waals surface area (Å²) in [6.07, 6.45) is 0.0558. The molecule has 0 bridgehead atoms. The first kappa shape index (κ1) is 59.8. The van der Waals surface area contributed by atoms with Gasteiger partial charge in [0.1, 0.15) is 11.5 Å². The van der Waals surface area contributed by atoms with Crippen LogP contribution in [0.1, 0.15) is 73.3 Å². The molecule has 0 unspecified atom stereocenters. The zero-order chi connectivity index (χ0) is 57.8. The van der Waals surface area contributed by atoms with Crippen molar-refractivity contribution in [2.45, 2.75) is 13.3 Å². The van der Waals surface area contributed by atoms with E-state index in [9.17, 15) is 33.6 Å². The third kappa shape index (κ3) is 18.0. The molecule has 0 fully saturated rings. The summed E-state index contributed by atoms with van der Waals surface area (Å²) in [7, 11) is 1.44. The monoisotopic (exact) mass is 1080 g/mol. The summed E-state index contributed by atoms with van der Waals surface area (Å²) in [4.78, 5) is 77.1. The van der Waals surface area contributed by atoms with E-state index < -0.39 is 41.8 Å². The average molecular weight is 1080 g/mol. The van der Waals surface area contributed by atoms with Gasteiger partial charge in [0, 0.05) is 17.1 Å². The molecule has 0 aliphatic heterocycles. The second kappa shape index (κ2) is 28.0. The van der Waals surface area contributed by atoms with E-state index in [0.29, 0.717) is 50.7 Å². The number of carbonyl (C=O) groups is 7. The first-order chi connectivity index (χ1) is 36.9. The van der Waals surface area contributed by atoms with E-state index in [0.717, 1.165) is 16.5 Å². The summed E-state index contributed by atoms with van der Waals surface area (Å²) < 4.78 is 15.1. The molecule has 0 aromatic heterocycles. The van der Waals surface area contributed by atoms with Gasteiger partial charge in [0.2, 0.25) is 0 Å². The van der Waals surface area contributed by atoms with Gasteiger partial charge in [-0.2, -0.15) is 0 Å². The van der Waals surface area contributed by atoms with Crippen LogP contribution in [0.25, 0.3) is 10.8 Å². The van der Waals surface area contributed by atoms with Crippen molar-refractivity contribution >= 4 is 98.3 Å². The Morgan fingerprint density at radius 2 is 0.949 bits per heavy atom. The lowest BCUT2D eigenvalue weighted by Gasteiger charge is -2.08. The summed E-state index contributed by atoms with van der Waals surface area (Å²) in [5.41, 5.74) is 38.9. The van der Waals surface area contributed by atoms with Crippen molar-refractivity contribution < 1.29 is 73.3 Å². The predicted octanol–water partition coefficient (Wildman–Crippen LogP) is 8.91. The van der Waals surface area contributed by atoms with Crippen LogP contribution < -0.4 is 48.6 Å². The van der Waals surface area contributed by atoms with Gasteiger partial charge in [-0.1, -0.05) is 41.9 Å². The van der Waals surface area contributed by atoms with Gasteiger partial charge >= 0.3 is 41.8 Å². The highest BCUT2D eigenvalue weighted by atomic mass is 35.5. The number of nitrogen functional groups attached to an aromatic ring is 6. The zero-order valence-corrected chi connectivity index (χ0v) is 42.1. The number of aromatic carboxylic acids is 4. The number of ether oxygens (including phenoxy) is 3. The predicted molar refractivity (Wildman–Crippen MR) is 294 cm³/mol. The Hall–Kier alpha value is -10.8. The van der Waals surface area contributed by atoms with Gasteiger partial charge in [-0.15, -0.1) is 0 Å². The number of halogens is 1. The SMILES string of the molecule is COc1cc(C(=O)O)ccc1N.Cc1cc(C(=O)Oc2ccc(C(=O)O)cc2)ccc1N.Nc1ccc(C(=O)Oc2cc(C(=O)O)ccc2N)cc1Cl.Nc1ccc(CC(=O)O)cc1.Nc1ccc2c(C(=O)O)cccc2c1. The van der Waals surface area contributed by atoms with Crippen LogP contribution in [0.2, 0.25) is 5.02 Å². The second-order valence-electron chi connectivity index (χ2n) is 16.1. The summed E-state index contributed by atoms with van der Waals surface area (Å²) >= 11 is 5.82. The molecule has 8 aromatic rings. The average Bonchev–Trinajstić information content (AvgIpc) is 3.40. The lowest BCUT2D eigenvalue weighted by molar-refractivity contribution is -0.136. The molecule has 0 spiro atoms. The Morgan fingerprint density at radius 3 is 1.47 bits per heavy atom. The number of nitrogens with two attached hydrogens (primary N) is 6. The maximum atomic E-state index is 12.0. The number of benzene rings is 8. The van der Waals surface area contributed by atoms with Crippen molar-refractivity contribution in [1.82, 2.24) is 0 Å². The molecule has 0 aliphatic rings. The molecule has 17 N–H and O–H groups in total. The van der Waals surface area contributed by atoms with Crippen molar-refractivity contribution in [3.05, 3.63) is 207 Å². The van der Waals surface area contributed by atoms with Crippen LogP contribution in [0.3, 0.4) is 0 Å². The highest BCUT2D eigenvalue weighted by molar-refractivity contribution is 6.33. The minimum atomic E-state index is -1.15. The topological polar surface area (TPSA) is 404 Å². The van der Waals surface area contributed by atoms with Gasteiger partial charge in [-0.25, -0.2) is 28.8 Å². The van der Waals surface area contributed by atoms with Crippen molar-refractivity contribution in [3.8, 4) is 17.2 Å². The van der Waals surface area contributed by atoms with Crippen LogP contribution in [-0.4, -0.2) is 74.4 Å². The molecule has 0 heterocycles. The molecule has 0 saturated carbocycles. The normalized spacial score (nSPS) is 9.94. The van der Waals surface area contributed by atoms with Gasteiger partial charge in [-0.05, 0) is 156 Å². The minimum Gasteiger partial charge on any atom is -0.495 e. The molecule has 0 amide bonds. The quantitative estimate of drug-likeness (QED) is 0.0327. The largest absolute Gasteiger partial charge is 0.495 e. The molecular weight excluding hydrogens is 1030 g/mol. The van der Waals surface area contributed by atoms with Crippen molar-refractivity contribution in [2.24, 2.45) is 0 Å². The molecule has 21 nitrogen and oxygen atoms in total. The fourth-order valence-corrected chi connectivity index (χ4v) is 6.53. The molecule has 402 valence electrons. The number of hydrogen-bond acceptors (Lipinski definition) is 16. The Morgan fingerprint density at radius 1 is 0.462 bits per heavy atom. The number of esters is 2. The van der Waals surface area contributed by atoms with E-state index in [1.54, 1.807) is 79.7 Å². The zero-order valence-electron chi connectivity index (χ0n) is 41.4. The maximum Gasteiger partial charge on any atom is 0.343 e. The fraction of sp³-hybridized carbons (Fsp3) is 0.0536. The van der Waals surface area contributed by atoms with E-state index >= 15 is 0 Å². The summed E-state index contributed by atoms with van der Waals surface area (Å²) in [6, 6.07) is 40.1. The van der Waals surface area contributed by atoms with Gasteiger partial charge in [0.25, 0.3) is 0 Å². The number of anilines is 6. The van der Waals surface area contributed by atoms with Crippen LogP contribution in [0.5, 0.6) is 17.2 Å². The summed E-state index contributed by atoms with van der Waals surface area (Å²) in [6.45, 7) is 1.80. The molecule has 8 aromatic carbocycles. The number of methoxy groups -OCH3 is 1. The number of carboxylic acid groups (broad SMARTS) is 5. The third-order valence-corrected chi connectivity index (χ3v) is 10.8. The Balaban J connectivity index is 0.000000215. The standard InChI is InChI=1S/C15H13NO4.C14H11ClN2O4.C11H9NO2.C8H9NO3.C8H9NO2/c1-9-8-11(4-7-13(9)16)15(19)20-12-5-2-10(3-6-12)14(17)18;15-9-5-8(2-3-10(9)16)14(20)21-12-6-7(13(18)19)1-4-11(12)17;12-8-4-5-9-7(6-8)2-1-3-10(9)11(13)14;1-12-7-4-5(8(10)11)2-3-6(7)9;9-7-3-1-6(2-4-7)5-8(10)11/h2-8H,16H2,1H3,(H,17,18);1-6H,16-17H2,(H,18,19);1-6H,12H2,(H,13,14);2-4H,9H2,1H3,(H,10,11);1-4H,5,9H2,(H,10,11). The Bertz CT molecular complexity index is 3500. The third-order valence-electron chi connectivity index (χ3n) is 10.5. The first-order valence-corrected chi connectivity index (χ1v) is 22.8. The van der Waals surface area contributed by atoms with E-state index in [4.69, 9.17) is 85.7 Å². The molecule has 22 heteroatoms. The van der Waals surface area contributed by atoms with Crippen LogP contribution in [0.4, 0.5) is 34.1 Å². The number of fused-ring (bicyclic) bond motifs is 1. The summed E-state index contributed by atoms with van der Waals surface area (Å²) in [5.74, 6) is -5.51. The van der Waals surface area contributed by atoms with E-state index in [2.05, 4.69) is 0 Å². The molecule has 0 atom stereocenters. The van der Waals surface area contributed by atoms with E-state index in [1.165, 1.54) is 86.0 Å². The number of hydrogen-bond donors (Lipinski definition) is 11. The lowest BCUT2D eigenvalue weighted by atomic mass is 10.0. The smallest absolute Gasteiger partial charge is 0.343 e. The van der Waals surface area contributed by atoms with E-state index in [-0.39, 0.29) is 50.9 Å². The van der Waals surface area contributed by atoms with Gasteiger partial charge in [-0.3, -0.25) is 4.79 Å². The van der Waals surface area contributed by atoms with Crippen molar-refractivity contribution in [2.75, 3.05) is 41.5 Å². The van der Waals surface area contributed by atoms with Crippen LogP contribution in [-0.2, 0) is 11.2 Å². The Labute approximate surface area is 449 Å². The van der Waals surface area contributed by atoms with Gasteiger partial charge < -0.3 is 74.1 Å². The summed E-state index contributed by atoms with van der Waals surface area (Å²) in [5, 5.41) is 45.4. The molecular formula is C56H51ClN6O15. The fourth-order valence-electron chi connectivity index (χ4n) is 6.35. The van der Waals surface area contributed by atoms with Gasteiger partial charge in [0.05, 0.1) is 69.0 Å². The van der Waals surface area contributed by atoms with Crippen molar-refractivity contribution in [1.29, 1.82) is 0 Å². The molecule has 78 heavy (non-hydrogen) atoms. The highest BCUT2D eigenvalue weighted by Gasteiger charge is 2.15. The number of carboxylic acids is 5. The molecule has 8 rings (SSSR count). The lowest BCUT2D eigenvalue weighted by Crippen LogP contribution is -2.11. The van der Waals surface area contributed by atoms with E-state index in [1.807, 2.05) is 6.07 Å². The van der Waals surface area contributed by atoms with Crippen LogP contribution >= 0.6 is 11.6 Å². The number of aryl methyl sites for hydroxylation is 1. The number of aliphatic carboxylic acids is 1. The Kier molecular flexibility index (Phi) is 21.5. The number of carbonyl (C=O) groups excluding carboxylic acids is 2. The molecule has 0 saturated heterocycles. The van der Waals surface area contributed by atoms with Crippen LogP contribution in [0.15, 0.2) is 158 Å². The number of rotatable bonds is 11.